The minimum absolute atomic E-state index is 0.113. The molecule has 0 aromatic carbocycles. The van der Waals surface area contributed by atoms with Gasteiger partial charge in [0.25, 0.3) is 0 Å². The van der Waals surface area contributed by atoms with Crippen LogP contribution in [0.3, 0.4) is 0 Å². The molecule has 0 aromatic rings. The number of hydrogen-bond donors (Lipinski definition) is 0. The summed E-state index contributed by atoms with van der Waals surface area (Å²) < 4.78 is 10.7. The van der Waals surface area contributed by atoms with E-state index in [1.807, 2.05) is 26.8 Å². The van der Waals surface area contributed by atoms with Crippen molar-refractivity contribution in [3.05, 3.63) is 12.7 Å². The van der Waals surface area contributed by atoms with E-state index in [2.05, 4.69) is 6.58 Å². The maximum atomic E-state index is 5.44. The van der Waals surface area contributed by atoms with E-state index >= 15 is 0 Å². The van der Waals surface area contributed by atoms with Gasteiger partial charge in [-0.2, -0.15) is 0 Å². The molecule has 0 saturated heterocycles. The Balaban J connectivity index is 3.58. The molecule has 0 bridgehead atoms. The molecule has 64 valence electrons. The molecule has 11 heavy (non-hydrogen) atoms. The first-order valence-electron chi connectivity index (χ1n) is 4.08. The summed E-state index contributed by atoms with van der Waals surface area (Å²) in [6.45, 7) is 10.3. The first-order valence-corrected chi connectivity index (χ1v) is 4.08. The number of hydrogen-bond acceptors (Lipinski definition) is 2. The Morgan fingerprint density at radius 1 is 1.55 bits per heavy atom. The number of rotatable bonds is 6. The van der Waals surface area contributed by atoms with E-state index in [9.17, 15) is 0 Å². The van der Waals surface area contributed by atoms with Gasteiger partial charge in [0.1, 0.15) is 0 Å². The predicted molar refractivity (Wildman–Crippen MR) is 48.6 cm³/mol. The van der Waals surface area contributed by atoms with Crippen LogP contribution in [-0.2, 0) is 9.31 Å². The molecule has 0 atom stereocenters. The van der Waals surface area contributed by atoms with Gasteiger partial charge in [0, 0.05) is 12.7 Å². The highest BCUT2D eigenvalue weighted by Gasteiger charge is 2.16. The molecule has 0 unspecified atom stereocenters. The zero-order chi connectivity index (χ0) is 8.69. The maximum Gasteiger partial charge on any atom is 0.461 e. The van der Waals surface area contributed by atoms with Crippen molar-refractivity contribution in [1.82, 2.24) is 0 Å². The van der Waals surface area contributed by atoms with Crippen LogP contribution in [0.1, 0.15) is 20.8 Å². The van der Waals surface area contributed by atoms with Gasteiger partial charge >= 0.3 is 7.12 Å². The van der Waals surface area contributed by atoms with Crippen LogP contribution in [0.5, 0.6) is 0 Å². The normalized spacial score (nSPS) is 10.2. The van der Waals surface area contributed by atoms with Gasteiger partial charge in [0.15, 0.2) is 0 Å². The first kappa shape index (κ1) is 10.7. The molecule has 0 radical (unpaired) electrons. The fourth-order valence-electron chi connectivity index (χ4n) is 0.788. The zero-order valence-corrected chi connectivity index (χ0v) is 7.67. The molecule has 0 aromatic heterocycles. The van der Waals surface area contributed by atoms with E-state index in [0.29, 0.717) is 6.61 Å². The van der Waals surface area contributed by atoms with Crippen molar-refractivity contribution in [3.63, 3.8) is 0 Å². The van der Waals surface area contributed by atoms with Crippen molar-refractivity contribution in [3.8, 4) is 0 Å². The summed E-state index contributed by atoms with van der Waals surface area (Å²) in [5.74, 6) is 0. The Labute approximate surface area is 69.7 Å². The highest BCUT2D eigenvalue weighted by molar-refractivity contribution is 6.45. The lowest BCUT2D eigenvalue weighted by Crippen LogP contribution is -2.25. The van der Waals surface area contributed by atoms with Crippen molar-refractivity contribution in [2.45, 2.75) is 33.2 Å². The van der Waals surface area contributed by atoms with Gasteiger partial charge in [-0.1, -0.05) is 6.08 Å². The Morgan fingerprint density at radius 3 is 2.55 bits per heavy atom. The van der Waals surface area contributed by atoms with E-state index in [1.54, 1.807) is 0 Å². The van der Waals surface area contributed by atoms with Crippen molar-refractivity contribution in [2.24, 2.45) is 0 Å². The number of allylic oxidation sites excluding steroid dienone is 1. The van der Waals surface area contributed by atoms with Crippen LogP contribution < -0.4 is 0 Å². The van der Waals surface area contributed by atoms with Gasteiger partial charge in [-0.3, -0.25) is 0 Å². The van der Waals surface area contributed by atoms with E-state index in [-0.39, 0.29) is 13.2 Å². The predicted octanol–water partition coefficient (Wildman–Crippen LogP) is 2.12. The lowest BCUT2D eigenvalue weighted by molar-refractivity contribution is 0.165. The maximum absolute atomic E-state index is 5.44. The molecule has 0 spiro atoms. The van der Waals surface area contributed by atoms with Crippen LogP contribution in [0, 0.1) is 0 Å². The van der Waals surface area contributed by atoms with E-state index < -0.39 is 0 Å². The molecule has 2 nitrogen and oxygen atoms in total. The van der Waals surface area contributed by atoms with Crippen molar-refractivity contribution < 1.29 is 9.31 Å². The second-order valence-corrected chi connectivity index (χ2v) is 2.59. The molecule has 0 amide bonds. The van der Waals surface area contributed by atoms with Crippen LogP contribution in [0.4, 0.5) is 0 Å². The summed E-state index contributed by atoms with van der Waals surface area (Å²) in [6.07, 6.45) is 2.78. The van der Waals surface area contributed by atoms with Gasteiger partial charge < -0.3 is 9.31 Å². The topological polar surface area (TPSA) is 18.5 Å². The summed E-state index contributed by atoms with van der Waals surface area (Å²) in [7, 11) is -0.113. The van der Waals surface area contributed by atoms with Crippen LogP contribution in [0.2, 0.25) is 6.32 Å². The second kappa shape index (κ2) is 6.44. The molecule has 0 fully saturated rings. The lowest BCUT2D eigenvalue weighted by Gasteiger charge is -2.14. The fourth-order valence-corrected chi connectivity index (χ4v) is 0.788. The van der Waals surface area contributed by atoms with Crippen LogP contribution in [0.15, 0.2) is 12.7 Å². The molecule has 0 aliphatic carbocycles. The molecule has 0 heterocycles. The zero-order valence-electron chi connectivity index (χ0n) is 7.67. The van der Waals surface area contributed by atoms with Crippen LogP contribution in [-0.4, -0.2) is 19.8 Å². The van der Waals surface area contributed by atoms with Gasteiger partial charge in [0.2, 0.25) is 0 Å². The van der Waals surface area contributed by atoms with Crippen LogP contribution >= 0.6 is 0 Å². The highest BCUT2D eigenvalue weighted by Crippen LogP contribution is 2.01. The second-order valence-electron chi connectivity index (χ2n) is 2.59. The summed E-state index contributed by atoms with van der Waals surface area (Å²) in [5.41, 5.74) is 0. The van der Waals surface area contributed by atoms with Gasteiger partial charge in [-0.05, 0) is 27.1 Å². The summed E-state index contributed by atoms with van der Waals surface area (Å²) in [5, 5.41) is 0. The summed E-state index contributed by atoms with van der Waals surface area (Å²) in [6, 6.07) is 0. The molecular formula is C8H17BO2. The largest absolute Gasteiger partial charge is 0.461 e. The standard InChI is InChI=1S/C8H17BO2/c1-5-7-9(10-6-2)11-8(3)4/h5,8H,1,6-7H2,2-4H3. The molecule has 0 saturated carbocycles. The van der Waals surface area contributed by atoms with E-state index in [1.165, 1.54) is 0 Å². The molecular weight excluding hydrogens is 139 g/mol. The third-order valence-electron chi connectivity index (χ3n) is 1.14. The minimum atomic E-state index is -0.113. The van der Waals surface area contributed by atoms with Crippen molar-refractivity contribution in [2.75, 3.05) is 6.61 Å². The molecule has 0 rings (SSSR count). The SMILES string of the molecule is C=CCB(OCC)OC(C)C. The smallest absolute Gasteiger partial charge is 0.411 e. The average molecular weight is 156 g/mol. The third kappa shape index (κ3) is 6.14. The first-order chi connectivity index (χ1) is 5.20. The third-order valence-corrected chi connectivity index (χ3v) is 1.14. The Hall–Kier alpha value is -0.275. The average Bonchev–Trinajstić information content (AvgIpc) is 1.87. The van der Waals surface area contributed by atoms with Crippen molar-refractivity contribution >= 4 is 7.12 Å². The molecule has 0 aliphatic heterocycles. The van der Waals surface area contributed by atoms with Crippen molar-refractivity contribution in [1.29, 1.82) is 0 Å². The van der Waals surface area contributed by atoms with Gasteiger partial charge in [-0.25, -0.2) is 0 Å². The fraction of sp³-hybridized carbons (Fsp3) is 0.750. The quantitative estimate of drug-likeness (QED) is 0.433. The molecule has 0 N–H and O–H groups in total. The Morgan fingerprint density at radius 2 is 2.18 bits per heavy atom. The summed E-state index contributed by atoms with van der Waals surface area (Å²) >= 11 is 0. The molecule has 3 heteroatoms. The van der Waals surface area contributed by atoms with Gasteiger partial charge in [-0.15, -0.1) is 6.58 Å². The summed E-state index contributed by atoms with van der Waals surface area (Å²) in [4.78, 5) is 0. The minimum Gasteiger partial charge on any atom is -0.411 e. The Bertz CT molecular complexity index is 104. The lowest BCUT2D eigenvalue weighted by atomic mass is 9.84. The monoisotopic (exact) mass is 156 g/mol. The van der Waals surface area contributed by atoms with E-state index in [0.717, 1.165) is 6.32 Å². The van der Waals surface area contributed by atoms with E-state index in [4.69, 9.17) is 9.31 Å². The van der Waals surface area contributed by atoms with Gasteiger partial charge in [0.05, 0.1) is 0 Å². The Kier molecular flexibility index (Phi) is 6.28. The molecule has 0 aliphatic rings. The van der Waals surface area contributed by atoms with Crippen LogP contribution in [0.25, 0.3) is 0 Å². The highest BCUT2D eigenvalue weighted by atomic mass is 16.6.